The van der Waals surface area contributed by atoms with E-state index in [0.29, 0.717) is 22.7 Å². The summed E-state index contributed by atoms with van der Waals surface area (Å²) < 4.78 is 5.21. The van der Waals surface area contributed by atoms with E-state index in [1.807, 2.05) is 18.2 Å². The van der Waals surface area contributed by atoms with Crippen molar-refractivity contribution in [3.63, 3.8) is 0 Å². The lowest BCUT2D eigenvalue weighted by molar-refractivity contribution is 0.312. The van der Waals surface area contributed by atoms with E-state index in [2.05, 4.69) is 24.0 Å². The second-order valence-electron chi connectivity index (χ2n) is 4.35. The van der Waals surface area contributed by atoms with Crippen molar-refractivity contribution >= 4 is 11.6 Å². The zero-order valence-corrected chi connectivity index (χ0v) is 11.2. The summed E-state index contributed by atoms with van der Waals surface area (Å²) in [5, 5.41) is 4.53. The molecule has 0 spiro atoms. The van der Waals surface area contributed by atoms with Crippen LogP contribution >= 0.6 is 11.6 Å². The van der Waals surface area contributed by atoms with Crippen molar-refractivity contribution in [3.8, 4) is 11.4 Å². The predicted molar refractivity (Wildman–Crippen MR) is 71.1 cm³/mol. The maximum absolute atomic E-state index is 6.08. The van der Waals surface area contributed by atoms with Gasteiger partial charge in [-0.05, 0) is 18.1 Å². The Morgan fingerprint density at radius 1 is 1.39 bits per heavy atom. The standard InChI is InChI=1S/C13H16ClN3O/c1-3-8(2)11(15)13-16-12(17-18-13)9-6-4-5-7-10(9)14/h4-8,11H,3,15H2,1-2H3/t8-,11-/m0/s1. The van der Waals surface area contributed by atoms with Crippen LogP contribution in [0.2, 0.25) is 5.02 Å². The van der Waals surface area contributed by atoms with Crippen LogP contribution in [0.15, 0.2) is 28.8 Å². The molecule has 1 aromatic carbocycles. The van der Waals surface area contributed by atoms with Crippen LogP contribution in [-0.4, -0.2) is 10.1 Å². The first-order valence-corrected chi connectivity index (χ1v) is 6.35. The summed E-state index contributed by atoms with van der Waals surface area (Å²) in [7, 11) is 0. The minimum Gasteiger partial charge on any atom is -0.337 e. The number of hydrogen-bond acceptors (Lipinski definition) is 4. The molecule has 0 fully saturated rings. The SMILES string of the molecule is CC[C@H](C)[C@H](N)c1nc(-c2ccccc2Cl)no1. The molecule has 96 valence electrons. The average Bonchev–Trinajstić information content (AvgIpc) is 2.87. The van der Waals surface area contributed by atoms with Gasteiger partial charge in [-0.1, -0.05) is 49.2 Å². The molecule has 0 bridgehead atoms. The van der Waals surface area contributed by atoms with E-state index in [0.717, 1.165) is 12.0 Å². The van der Waals surface area contributed by atoms with Crippen molar-refractivity contribution in [1.29, 1.82) is 0 Å². The Kier molecular flexibility index (Phi) is 3.99. The summed E-state index contributed by atoms with van der Waals surface area (Å²) in [6, 6.07) is 7.15. The lowest BCUT2D eigenvalue weighted by Crippen LogP contribution is -2.18. The number of halogens is 1. The monoisotopic (exact) mass is 265 g/mol. The van der Waals surface area contributed by atoms with E-state index < -0.39 is 0 Å². The van der Waals surface area contributed by atoms with Gasteiger partial charge in [-0.15, -0.1) is 0 Å². The molecule has 0 saturated carbocycles. The first-order valence-electron chi connectivity index (χ1n) is 5.97. The van der Waals surface area contributed by atoms with Crippen LogP contribution < -0.4 is 5.73 Å². The average molecular weight is 266 g/mol. The summed E-state index contributed by atoms with van der Waals surface area (Å²) >= 11 is 6.08. The molecule has 0 aliphatic carbocycles. The van der Waals surface area contributed by atoms with Crippen LogP contribution in [0.3, 0.4) is 0 Å². The van der Waals surface area contributed by atoms with Gasteiger partial charge in [0.15, 0.2) is 0 Å². The van der Waals surface area contributed by atoms with Crippen LogP contribution in [0.1, 0.15) is 32.2 Å². The lowest BCUT2D eigenvalue weighted by Gasteiger charge is -2.12. The maximum atomic E-state index is 6.08. The largest absolute Gasteiger partial charge is 0.337 e. The molecule has 0 unspecified atom stereocenters. The summed E-state index contributed by atoms with van der Waals surface area (Å²) in [6.45, 7) is 4.14. The fourth-order valence-corrected chi connectivity index (χ4v) is 1.84. The number of rotatable bonds is 4. The number of aromatic nitrogens is 2. The summed E-state index contributed by atoms with van der Waals surface area (Å²) in [6.07, 6.45) is 0.963. The van der Waals surface area contributed by atoms with Gasteiger partial charge in [-0.25, -0.2) is 0 Å². The zero-order chi connectivity index (χ0) is 13.1. The summed E-state index contributed by atoms with van der Waals surface area (Å²) in [5.41, 5.74) is 6.80. The van der Waals surface area contributed by atoms with Crippen molar-refractivity contribution in [2.75, 3.05) is 0 Å². The highest BCUT2D eigenvalue weighted by Gasteiger charge is 2.21. The highest BCUT2D eigenvalue weighted by Crippen LogP contribution is 2.27. The van der Waals surface area contributed by atoms with Gasteiger partial charge in [0.25, 0.3) is 0 Å². The van der Waals surface area contributed by atoms with E-state index in [1.165, 1.54) is 0 Å². The minimum absolute atomic E-state index is 0.237. The molecule has 0 amide bonds. The minimum atomic E-state index is -0.237. The van der Waals surface area contributed by atoms with E-state index in [9.17, 15) is 0 Å². The smallest absolute Gasteiger partial charge is 0.244 e. The molecule has 2 N–H and O–H groups in total. The lowest BCUT2D eigenvalue weighted by atomic mass is 10.0. The molecule has 18 heavy (non-hydrogen) atoms. The third-order valence-electron chi connectivity index (χ3n) is 3.10. The topological polar surface area (TPSA) is 64.9 Å². The van der Waals surface area contributed by atoms with Crippen molar-refractivity contribution in [1.82, 2.24) is 10.1 Å². The normalized spacial score (nSPS) is 14.4. The molecule has 0 saturated heterocycles. The van der Waals surface area contributed by atoms with Crippen molar-refractivity contribution < 1.29 is 4.52 Å². The quantitative estimate of drug-likeness (QED) is 0.920. The van der Waals surface area contributed by atoms with E-state index in [1.54, 1.807) is 6.07 Å². The second kappa shape index (κ2) is 5.50. The van der Waals surface area contributed by atoms with Crippen LogP contribution in [0.5, 0.6) is 0 Å². The van der Waals surface area contributed by atoms with Gasteiger partial charge in [0.05, 0.1) is 11.1 Å². The number of benzene rings is 1. The van der Waals surface area contributed by atoms with Crippen molar-refractivity contribution in [3.05, 3.63) is 35.2 Å². The van der Waals surface area contributed by atoms with Crippen LogP contribution in [-0.2, 0) is 0 Å². The van der Waals surface area contributed by atoms with E-state index >= 15 is 0 Å². The third-order valence-corrected chi connectivity index (χ3v) is 3.43. The molecule has 2 aromatic rings. The fraction of sp³-hybridized carbons (Fsp3) is 0.385. The Balaban J connectivity index is 2.29. The predicted octanol–water partition coefficient (Wildman–Crippen LogP) is 3.44. The molecule has 1 heterocycles. The zero-order valence-electron chi connectivity index (χ0n) is 10.4. The Labute approximate surface area is 111 Å². The van der Waals surface area contributed by atoms with Gasteiger partial charge in [0, 0.05) is 5.56 Å². The van der Waals surface area contributed by atoms with Gasteiger partial charge in [0.1, 0.15) is 0 Å². The van der Waals surface area contributed by atoms with E-state index in [-0.39, 0.29) is 6.04 Å². The molecule has 2 rings (SSSR count). The molecule has 0 aliphatic rings. The molecule has 5 heteroatoms. The first kappa shape index (κ1) is 13.1. The molecular weight excluding hydrogens is 250 g/mol. The van der Waals surface area contributed by atoms with Crippen LogP contribution in [0, 0.1) is 5.92 Å². The van der Waals surface area contributed by atoms with Gasteiger partial charge >= 0.3 is 0 Å². The van der Waals surface area contributed by atoms with Crippen LogP contribution in [0.4, 0.5) is 0 Å². The van der Waals surface area contributed by atoms with Gasteiger partial charge in [-0.2, -0.15) is 4.98 Å². The maximum Gasteiger partial charge on any atom is 0.244 e. The molecule has 4 nitrogen and oxygen atoms in total. The Bertz CT molecular complexity index is 526. The highest BCUT2D eigenvalue weighted by atomic mass is 35.5. The Hall–Kier alpha value is -1.39. The fourth-order valence-electron chi connectivity index (χ4n) is 1.62. The number of nitrogens with zero attached hydrogens (tertiary/aromatic N) is 2. The molecule has 0 radical (unpaired) electrons. The summed E-state index contributed by atoms with van der Waals surface area (Å²) in [4.78, 5) is 4.32. The number of nitrogens with two attached hydrogens (primary N) is 1. The van der Waals surface area contributed by atoms with Gasteiger partial charge in [-0.3, -0.25) is 0 Å². The highest BCUT2D eigenvalue weighted by molar-refractivity contribution is 6.33. The van der Waals surface area contributed by atoms with E-state index in [4.69, 9.17) is 21.9 Å². The van der Waals surface area contributed by atoms with Crippen molar-refractivity contribution in [2.24, 2.45) is 11.7 Å². The first-order chi connectivity index (χ1) is 8.63. The molecule has 0 aliphatic heterocycles. The van der Waals surface area contributed by atoms with Gasteiger partial charge < -0.3 is 10.3 Å². The third kappa shape index (κ3) is 2.54. The van der Waals surface area contributed by atoms with Crippen LogP contribution in [0.25, 0.3) is 11.4 Å². The number of hydrogen-bond donors (Lipinski definition) is 1. The van der Waals surface area contributed by atoms with Crippen molar-refractivity contribution in [2.45, 2.75) is 26.3 Å². The molecular formula is C13H16ClN3O. The second-order valence-corrected chi connectivity index (χ2v) is 4.75. The Morgan fingerprint density at radius 2 is 2.11 bits per heavy atom. The molecule has 1 aromatic heterocycles. The summed E-state index contributed by atoms with van der Waals surface area (Å²) in [5.74, 6) is 1.23. The Morgan fingerprint density at radius 3 is 2.78 bits per heavy atom. The van der Waals surface area contributed by atoms with Gasteiger partial charge in [0.2, 0.25) is 11.7 Å². The molecule has 2 atom stereocenters.